The normalized spacial score (nSPS) is 18.6. The summed E-state index contributed by atoms with van der Waals surface area (Å²) in [6.07, 6.45) is 0.478. The molecule has 0 atom stereocenters. The first-order valence-electron chi connectivity index (χ1n) is 9.21. The van der Waals surface area contributed by atoms with Gasteiger partial charge in [0.05, 0.1) is 0 Å². The Balaban J connectivity index is 0.00000171. The third-order valence-corrected chi connectivity index (χ3v) is 4.75. The van der Waals surface area contributed by atoms with E-state index < -0.39 is 6.36 Å². The molecule has 4 rings (SSSR count). The van der Waals surface area contributed by atoms with Crippen molar-refractivity contribution in [2.75, 3.05) is 10.6 Å². The van der Waals surface area contributed by atoms with Gasteiger partial charge in [-0.15, -0.1) is 38.0 Å². The standard InChI is InChI=1S/C18H20F3N7O.2ClH/c19-18(20,21)29-13-7-5-11(6-8-13)25-16-14-15(24-9-23-14)27-17(28-16)26-12-3-1-10(22)2-4-12;;/h5-10,12H,1-4,22H2,(H3,23,24,25,26,27,28);2*1H. The van der Waals surface area contributed by atoms with Crippen LogP contribution in [0.4, 0.5) is 30.6 Å². The Morgan fingerprint density at radius 1 is 1.03 bits per heavy atom. The number of nitrogens with zero attached hydrogens (tertiary/aromatic N) is 3. The number of ether oxygens (including phenoxy) is 1. The summed E-state index contributed by atoms with van der Waals surface area (Å²) in [5, 5.41) is 6.48. The van der Waals surface area contributed by atoms with Crippen LogP contribution < -0.4 is 21.1 Å². The fourth-order valence-electron chi connectivity index (χ4n) is 3.33. The van der Waals surface area contributed by atoms with Crippen LogP contribution in [-0.4, -0.2) is 38.4 Å². The second kappa shape index (κ2) is 10.2. The number of anilines is 3. The molecule has 3 aliphatic rings. The van der Waals surface area contributed by atoms with E-state index in [1.807, 2.05) is 0 Å². The topological polar surface area (TPSA) is 114 Å². The van der Waals surface area contributed by atoms with Crippen molar-refractivity contribution in [1.82, 2.24) is 19.9 Å². The van der Waals surface area contributed by atoms with Crippen molar-refractivity contribution in [2.45, 2.75) is 44.1 Å². The van der Waals surface area contributed by atoms with E-state index in [0.717, 1.165) is 25.7 Å². The molecule has 0 amide bonds. The largest absolute Gasteiger partial charge is 0.573 e. The molecule has 1 aliphatic carbocycles. The fraction of sp³-hybridized carbons (Fsp3) is 0.389. The number of hydrogen-bond acceptors (Lipinski definition) is 7. The second-order valence-corrected chi connectivity index (χ2v) is 6.96. The molecule has 0 unspecified atom stereocenters. The first-order valence-corrected chi connectivity index (χ1v) is 9.21. The lowest BCUT2D eigenvalue weighted by molar-refractivity contribution is -0.274. The lowest BCUT2D eigenvalue weighted by Gasteiger charge is -2.27. The number of benzene rings is 1. The number of alkyl halides is 3. The van der Waals surface area contributed by atoms with E-state index in [0.29, 0.717) is 29.0 Å². The van der Waals surface area contributed by atoms with Crippen LogP contribution in [0.25, 0.3) is 11.5 Å². The molecule has 31 heavy (non-hydrogen) atoms. The lowest BCUT2D eigenvalue weighted by Crippen LogP contribution is -2.33. The molecule has 1 aromatic rings. The Kier molecular flexibility index (Phi) is 8.15. The maximum atomic E-state index is 12.3. The Morgan fingerprint density at radius 2 is 1.71 bits per heavy atom. The zero-order valence-electron chi connectivity index (χ0n) is 16.1. The fourth-order valence-corrected chi connectivity index (χ4v) is 3.33. The van der Waals surface area contributed by atoms with Gasteiger partial charge in [-0.25, -0.2) is 9.97 Å². The third-order valence-electron chi connectivity index (χ3n) is 4.75. The minimum Gasteiger partial charge on any atom is -0.406 e. The Bertz CT molecular complexity index is 931. The maximum Gasteiger partial charge on any atom is 0.573 e. The summed E-state index contributed by atoms with van der Waals surface area (Å²) in [4.78, 5) is 16.0. The molecule has 5 N–H and O–H groups in total. The molecule has 2 heterocycles. The molecule has 8 nitrogen and oxygen atoms in total. The summed E-state index contributed by atoms with van der Waals surface area (Å²) in [5.41, 5.74) is 7.04. The third kappa shape index (κ3) is 6.49. The summed E-state index contributed by atoms with van der Waals surface area (Å²) < 4.78 is 40.8. The number of aromatic nitrogens is 4. The van der Waals surface area contributed by atoms with Gasteiger partial charge >= 0.3 is 6.36 Å². The van der Waals surface area contributed by atoms with Gasteiger partial charge in [0.1, 0.15) is 17.9 Å². The highest BCUT2D eigenvalue weighted by atomic mass is 35.5. The summed E-state index contributed by atoms with van der Waals surface area (Å²) in [7, 11) is 0. The van der Waals surface area contributed by atoms with Gasteiger partial charge < -0.3 is 26.1 Å². The zero-order valence-corrected chi connectivity index (χ0v) is 17.8. The number of aromatic amines is 1. The Morgan fingerprint density at radius 3 is 2.35 bits per heavy atom. The van der Waals surface area contributed by atoms with Gasteiger partial charge in [0.25, 0.3) is 0 Å². The average Bonchev–Trinajstić information content (AvgIpc) is 3.13. The quantitative estimate of drug-likeness (QED) is 0.426. The van der Waals surface area contributed by atoms with Crippen LogP contribution in [0.2, 0.25) is 0 Å². The van der Waals surface area contributed by atoms with E-state index in [9.17, 15) is 13.2 Å². The second-order valence-electron chi connectivity index (χ2n) is 6.96. The molecule has 13 heteroatoms. The van der Waals surface area contributed by atoms with Crippen LogP contribution in [-0.2, 0) is 0 Å². The van der Waals surface area contributed by atoms with Crippen molar-refractivity contribution < 1.29 is 17.9 Å². The van der Waals surface area contributed by atoms with E-state index in [4.69, 9.17) is 5.73 Å². The number of rotatable bonds is 5. The van der Waals surface area contributed by atoms with Crippen LogP contribution >= 0.6 is 24.8 Å². The van der Waals surface area contributed by atoms with Gasteiger partial charge in [0, 0.05) is 17.8 Å². The van der Waals surface area contributed by atoms with Crippen LogP contribution in [0.5, 0.6) is 5.75 Å². The molecule has 0 radical (unpaired) electrons. The minimum absolute atomic E-state index is 0. The number of hydrogen-bond donors (Lipinski definition) is 4. The van der Waals surface area contributed by atoms with Gasteiger partial charge in [-0.3, -0.25) is 0 Å². The number of nitrogens with two attached hydrogens (primary N) is 1. The molecule has 0 aromatic heterocycles. The van der Waals surface area contributed by atoms with Gasteiger partial charge in [-0.2, -0.15) is 4.98 Å². The summed E-state index contributed by atoms with van der Waals surface area (Å²) in [5.74, 6) is 1.24. The smallest absolute Gasteiger partial charge is 0.406 e. The van der Waals surface area contributed by atoms with Crippen molar-refractivity contribution in [3.8, 4) is 17.3 Å². The van der Waals surface area contributed by atoms with Crippen molar-refractivity contribution >= 4 is 42.3 Å². The monoisotopic (exact) mass is 479 g/mol. The highest BCUT2D eigenvalue weighted by Gasteiger charge is 2.31. The first kappa shape index (κ1) is 24.8. The molecule has 0 saturated heterocycles. The summed E-state index contributed by atoms with van der Waals surface area (Å²) >= 11 is 0. The molecule has 1 fully saturated rings. The van der Waals surface area contributed by atoms with E-state index in [1.165, 1.54) is 30.6 Å². The van der Waals surface area contributed by atoms with Crippen LogP contribution in [0.1, 0.15) is 25.7 Å². The highest BCUT2D eigenvalue weighted by Crippen LogP contribution is 2.30. The molecule has 2 aliphatic heterocycles. The average molecular weight is 480 g/mol. The van der Waals surface area contributed by atoms with Gasteiger partial charge in [-0.1, -0.05) is 0 Å². The van der Waals surface area contributed by atoms with E-state index >= 15 is 0 Å². The molecular weight excluding hydrogens is 458 g/mol. The summed E-state index contributed by atoms with van der Waals surface area (Å²) in [6, 6.07) is 5.92. The Hall–Kier alpha value is -2.50. The van der Waals surface area contributed by atoms with E-state index in [1.54, 1.807) is 0 Å². The van der Waals surface area contributed by atoms with Crippen LogP contribution in [0.3, 0.4) is 0 Å². The van der Waals surface area contributed by atoms with Crippen molar-refractivity contribution in [3.05, 3.63) is 30.6 Å². The number of halogens is 5. The highest BCUT2D eigenvalue weighted by molar-refractivity contribution is 5.85. The van der Waals surface area contributed by atoms with Gasteiger partial charge in [-0.05, 0) is 49.9 Å². The van der Waals surface area contributed by atoms with Crippen molar-refractivity contribution in [2.24, 2.45) is 5.73 Å². The van der Waals surface area contributed by atoms with E-state index in [2.05, 4.69) is 35.3 Å². The van der Waals surface area contributed by atoms with Crippen LogP contribution in [0.15, 0.2) is 30.6 Å². The molecule has 1 saturated carbocycles. The summed E-state index contributed by atoms with van der Waals surface area (Å²) in [6.45, 7) is 0. The van der Waals surface area contributed by atoms with Crippen molar-refractivity contribution in [1.29, 1.82) is 0 Å². The molecule has 0 spiro atoms. The first-order chi connectivity index (χ1) is 13.9. The van der Waals surface area contributed by atoms with Crippen molar-refractivity contribution in [3.63, 3.8) is 0 Å². The molecule has 1 aromatic carbocycles. The van der Waals surface area contributed by atoms with Gasteiger partial charge in [0.15, 0.2) is 11.5 Å². The lowest BCUT2D eigenvalue weighted by atomic mass is 9.92. The maximum absolute atomic E-state index is 12.3. The van der Waals surface area contributed by atoms with Gasteiger partial charge in [0.2, 0.25) is 5.95 Å². The predicted molar refractivity (Wildman–Crippen MR) is 116 cm³/mol. The minimum atomic E-state index is -4.73. The number of nitrogens with one attached hydrogen (secondary N) is 3. The SMILES string of the molecule is Cl.Cl.NC1CCC(Nc2nc3ncnc-3c(Nc3ccc(OC(F)(F)F)cc3)[nH]2)CC1. The number of fused-ring (bicyclic) bond motifs is 1. The number of imidazole rings is 1. The molecule has 0 bridgehead atoms. The van der Waals surface area contributed by atoms with E-state index in [-0.39, 0.29) is 42.6 Å². The van der Waals surface area contributed by atoms with Crippen LogP contribution in [0, 0.1) is 0 Å². The predicted octanol–water partition coefficient (Wildman–Crippen LogP) is 4.47. The molecule has 170 valence electrons. The number of H-pyrrole nitrogens is 1. The zero-order chi connectivity index (χ0) is 20.4. The Labute approximate surface area is 188 Å². The molecular formula is C18H22Cl2F3N7O.